The first-order chi connectivity index (χ1) is 10.5. The summed E-state index contributed by atoms with van der Waals surface area (Å²) in [6.45, 7) is 6.50. The molecule has 0 spiro atoms. The number of methoxy groups -OCH3 is 1. The molecule has 116 valence electrons. The van der Waals surface area contributed by atoms with Gasteiger partial charge in [-0.1, -0.05) is 13.0 Å². The van der Waals surface area contributed by atoms with E-state index in [0.29, 0.717) is 11.7 Å². The predicted octanol–water partition coefficient (Wildman–Crippen LogP) is 4.66. The number of benzene rings is 2. The minimum atomic E-state index is 0.465. The average Bonchev–Trinajstić information content (AvgIpc) is 2.88. The van der Waals surface area contributed by atoms with Crippen molar-refractivity contribution in [3.8, 4) is 11.5 Å². The number of aryl methyl sites for hydroxylation is 2. The van der Waals surface area contributed by atoms with E-state index in [1.165, 1.54) is 33.4 Å². The van der Waals surface area contributed by atoms with Gasteiger partial charge in [0, 0.05) is 5.56 Å². The zero-order valence-corrected chi connectivity index (χ0v) is 13.9. The van der Waals surface area contributed by atoms with Gasteiger partial charge < -0.3 is 9.84 Å². The Morgan fingerprint density at radius 1 is 1.18 bits per heavy atom. The maximum Gasteiger partial charge on any atom is 0.119 e. The second-order valence-corrected chi connectivity index (χ2v) is 6.49. The fraction of sp³-hybridized carbons (Fsp3) is 0.400. The van der Waals surface area contributed by atoms with Gasteiger partial charge in [-0.2, -0.15) is 0 Å². The Morgan fingerprint density at radius 2 is 1.86 bits per heavy atom. The third kappa shape index (κ3) is 2.47. The zero-order valence-electron chi connectivity index (χ0n) is 13.9. The number of fused-ring (bicyclic) bond motifs is 1. The summed E-state index contributed by atoms with van der Waals surface area (Å²) in [5.74, 6) is 1.85. The number of phenols is 1. The smallest absolute Gasteiger partial charge is 0.119 e. The van der Waals surface area contributed by atoms with Crippen LogP contribution < -0.4 is 4.74 Å². The van der Waals surface area contributed by atoms with Gasteiger partial charge in [-0.05, 0) is 85.0 Å². The lowest BCUT2D eigenvalue weighted by atomic mass is 9.91. The van der Waals surface area contributed by atoms with Gasteiger partial charge in [-0.25, -0.2) is 0 Å². The van der Waals surface area contributed by atoms with E-state index in [1.807, 2.05) is 6.07 Å². The van der Waals surface area contributed by atoms with E-state index in [4.69, 9.17) is 4.74 Å². The standard InChI is InChI=1S/C20H24O2/c1-12-5-7-17-15(6-8-19(21)20(12)17)11-18-13(2)9-16(22-4)10-14(18)3/h6,8-10,12,21H,5,7,11H2,1-4H3. The molecule has 1 aliphatic carbocycles. The zero-order chi connectivity index (χ0) is 15.9. The number of aromatic hydroxyl groups is 1. The van der Waals surface area contributed by atoms with Crippen LogP contribution in [0, 0.1) is 13.8 Å². The minimum absolute atomic E-state index is 0.465. The second-order valence-electron chi connectivity index (χ2n) is 6.49. The molecule has 0 amide bonds. The molecule has 0 heterocycles. The van der Waals surface area contributed by atoms with Gasteiger partial charge in [-0.3, -0.25) is 0 Å². The number of rotatable bonds is 3. The lowest BCUT2D eigenvalue weighted by Crippen LogP contribution is -2.01. The van der Waals surface area contributed by atoms with Crippen molar-refractivity contribution in [1.82, 2.24) is 0 Å². The average molecular weight is 296 g/mol. The molecule has 0 radical (unpaired) electrons. The van der Waals surface area contributed by atoms with Crippen LogP contribution in [0.5, 0.6) is 11.5 Å². The van der Waals surface area contributed by atoms with Crippen molar-refractivity contribution in [3.63, 3.8) is 0 Å². The van der Waals surface area contributed by atoms with E-state index in [-0.39, 0.29) is 0 Å². The first-order valence-electron chi connectivity index (χ1n) is 7.99. The summed E-state index contributed by atoms with van der Waals surface area (Å²) in [5, 5.41) is 10.2. The first-order valence-corrected chi connectivity index (χ1v) is 7.99. The third-order valence-corrected chi connectivity index (χ3v) is 5.02. The lowest BCUT2D eigenvalue weighted by molar-refractivity contribution is 0.414. The molecule has 3 rings (SSSR count). The highest BCUT2D eigenvalue weighted by atomic mass is 16.5. The van der Waals surface area contributed by atoms with Crippen molar-refractivity contribution in [2.24, 2.45) is 0 Å². The molecular formula is C20H24O2. The molecule has 0 bridgehead atoms. The minimum Gasteiger partial charge on any atom is -0.508 e. The Labute approximate surface area is 132 Å². The van der Waals surface area contributed by atoms with E-state index in [2.05, 4.69) is 39.0 Å². The molecule has 0 aromatic heterocycles. The van der Waals surface area contributed by atoms with Gasteiger partial charge >= 0.3 is 0 Å². The molecule has 0 fully saturated rings. The van der Waals surface area contributed by atoms with Gasteiger partial charge in [0.25, 0.3) is 0 Å². The number of hydrogen-bond acceptors (Lipinski definition) is 2. The molecule has 1 N–H and O–H groups in total. The summed E-state index contributed by atoms with van der Waals surface area (Å²) < 4.78 is 5.35. The molecule has 2 nitrogen and oxygen atoms in total. The van der Waals surface area contributed by atoms with Gasteiger partial charge in [-0.15, -0.1) is 0 Å². The molecule has 0 saturated heterocycles. The molecular weight excluding hydrogens is 272 g/mol. The van der Waals surface area contributed by atoms with E-state index < -0.39 is 0 Å². The van der Waals surface area contributed by atoms with Gasteiger partial charge in [0.1, 0.15) is 11.5 Å². The van der Waals surface area contributed by atoms with Crippen LogP contribution in [0.15, 0.2) is 24.3 Å². The van der Waals surface area contributed by atoms with E-state index in [0.717, 1.165) is 25.0 Å². The van der Waals surface area contributed by atoms with E-state index in [9.17, 15) is 5.11 Å². The largest absolute Gasteiger partial charge is 0.508 e. The molecule has 22 heavy (non-hydrogen) atoms. The molecule has 1 unspecified atom stereocenters. The van der Waals surface area contributed by atoms with Gasteiger partial charge in [0.05, 0.1) is 7.11 Å². The topological polar surface area (TPSA) is 29.5 Å². The Balaban J connectivity index is 2.02. The van der Waals surface area contributed by atoms with Crippen molar-refractivity contribution in [1.29, 1.82) is 0 Å². The SMILES string of the molecule is COc1cc(C)c(Cc2ccc(O)c3c2CCC3C)c(C)c1. The van der Waals surface area contributed by atoms with Crippen LogP contribution in [0.1, 0.15) is 52.6 Å². The Hall–Kier alpha value is -1.96. The highest BCUT2D eigenvalue weighted by Gasteiger charge is 2.24. The fourth-order valence-corrected chi connectivity index (χ4v) is 3.75. The third-order valence-electron chi connectivity index (χ3n) is 5.02. The maximum atomic E-state index is 10.2. The summed E-state index contributed by atoms with van der Waals surface area (Å²) in [5.41, 5.74) is 7.79. The molecule has 1 aliphatic rings. The number of phenolic OH excluding ortho intramolecular Hbond substituents is 1. The van der Waals surface area contributed by atoms with Crippen molar-refractivity contribution in [2.75, 3.05) is 7.11 Å². The van der Waals surface area contributed by atoms with Crippen LogP contribution >= 0.6 is 0 Å². The van der Waals surface area contributed by atoms with Gasteiger partial charge in [0.2, 0.25) is 0 Å². The Kier molecular flexibility index (Phi) is 3.86. The molecule has 2 heteroatoms. The highest BCUT2D eigenvalue weighted by Crippen LogP contribution is 2.41. The molecule has 1 atom stereocenters. The Morgan fingerprint density at radius 3 is 2.50 bits per heavy atom. The quantitative estimate of drug-likeness (QED) is 0.892. The van der Waals surface area contributed by atoms with Gasteiger partial charge in [0.15, 0.2) is 0 Å². The number of ether oxygens (including phenoxy) is 1. The van der Waals surface area contributed by atoms with Crippen molar-refractivity contribution >= 4 is 0 Å². The first kappa shape index (κ1) is 15.0. The summed E-state index contributed by atoms with van der Waals surface area (Å²) in [4.78, 5) is 0. The van der Waals surface area contributed by atoms with Crippen LogP contribution in [0.4, 0.5) is 0 Å². The lowest BCUT2D eigenvalue weighted by Gasteiger charge is -2.16. The monoisotopic (exact) mass is 296 g/mol. The number of hydrogen-bond donors (Lipinski definition) is 1. The van der Waals surface area contributed by atoms with Crippen molar-refractivity contribution < 1.29 is 9.84 Å². The summed E-state index contributed by atoms with van der Waals surface area (Å²) in [7, 11) is 1.71. The fourth-order valence-electron chi connectivity index (χ4n) is 3.75. The van der Waals surface area contributed by atoms with Crippen LogP contribution in [0.2, 0.25) is 0 Å². The maximum absolute atomic E-state index is 10.2. The molecule has 2 aromatic carbocycles. The summed E-state index contributed by atoms with van der Waals surface area (Å²) >= 11 is 0. The second kappa shape index (κ2) is 5.68. The summed E-state index contributed by atoms with van der Waals surface area (Å²) in [6, 6.07) is 8.16. The molecule has 0 aliphatic heterocycles. The predicted molar refractivity (Wildman–Crippen MR) is 90.1 cm³/mol. The summed E-state index contributed by atoms with van der Waals surface area (Å²) in [6.07, 6.45) is 3.14. The molecule has 2 aromatic rings. The van der Waals surface area contributed by atoms with E-state index in [1.54, 1.807) is 7.11 Å². The van der Waals surface area contributed by atoms with Crippen LogP contribution in [0.3, 0.4) is 0 Å². The van der Waals surface area contributed by atoms with Crippen LogP contribution in [-0.4, -0.2) is 12.2 Å². The van der Waals surface area contributed by atoms with Crippen LogP contribution in [-0.2, 0) is 12.8 Å². The van der Waals surface area contributed by atoms with Crippen LogP contribution in [0.25, 0.3) is 0 Å². The highest BCUT2D eigenvalue weighted by molar-refractivity contribution is 5.52. The normalized spacial score (nSPS) is 16.6. The molecule has 0 saturated carbocycles. The Bertz CT molecular complexity index is 693. The van der Waals surface area contributed by atoms with Crippen molar-refractivity contribution in [3.05, 3.63) is 57.6 Å². The van der Waals surface area contributed by atoms with Crippen molar-refractivity contribution in [2.45, 2.75) is 46.0 Å². The van der Waals surface area contributed by atoms with E-state index >= 15 is 0 Å².